The van der Waals surface area contributed by atoms with Crippen molar-refractivity contribution in [3.63, 3.8) is 0 Å². The molecule has 0 fully saturated rings. The second-order valence-corrected chi connectivity index (χ2v) is 36.7. The van der Waals surface area contributed by atoms with E-state index in [2.05, 4.69) is 27.7 Å². The smallest absolute Gasteiger partial charge is 0.478 e. The Kier molecular flexibility index (Phi) is 37.6. The predicted octanol–water partition coefficient (Wildman–Crippen LogP) is 15.5. The number of carboxylic acids is 4. The fourth-order valence-corrected chi connectivity index (χ4v) is 27.4. The minimum absolute atomic E-state index is 0. The van der Waals surface area contributed by atoms with Crippen LogP contribution < -0.4 is 42.4 Å². The zero-order valence-electron chi connectivity index (χ0n) is 50.1. The Morgan fingerprint density at radius 2 is 0.391 bits per heavy atom. The summed E-state index contributed by atoms with van der Waals surface area (Å²) in [6.45, 7) is 9.16. The van der Waals surface area contributed by atoms with Gasteiger partial charge in [0.15, 0.2) is 0 Å². The largest absolute Gasteiger partial charge is 1.00 e. The summed E-state index contributed by atoms with van der Waals surface area (Å²) in [4.78, 5) is 51.6. The molecular formula is C72H80AuO8P4Sn2+5. The number of hydrogen-bond donors (Lipinski definition) is 4. The standard InChI is InChI=1S/2C28H22O4P2.4C4H9.Au.2Sn/c2*29-27(30)25(33(21-13-5-1-6-14-21)22-15-7-2-8-16-22)26(28(31)32)34(23-17-9-3-10-18-23)24-19-11-4-12-20-24;4*1-3-4-2;;;/h2*1-20H,(H,29,30)(H,31,32);4*1,3-4H2,2H3;;;/q;;;;;;+1;2*+2/b2*26-25-;;;;;;;. The normalized spacial score (nSPS) is 11.1. The van der Waals surface area contributed by atoms with Gasteiger partial charge in [0.1, 0.15) is 0 Å². The van der Waals surface area contributed by atoms with Crippen molar-refractivity contribution in [3.05, 3.63) is 264 Å². The Hall–Kier alpha value is -4.82. The van der Waals surface area contributed by atoms with Crippen LogP contribution in [0.15, 0.2) is 264 Å². The zero-order valence-corrected chi connectivity index (χ0v) is 61.5. The first-order chi connectivity index (χ1) is 42.0. The molecule has 0 radical (unpaired) electrons. The molecule has 0 unspecified atom stereocenters. The van der Waals surface area contributed by atoms with Gasteiger partial charge in [0.05, 0.1) is 21.3 Å². The average molecular weight is 1630 g/mol. The van der Waals surface area contributed by atoms with Crippen LogP contribution in [0, 0.1) is 0 Å². The monoisotopic (exact) mass is 1630 g/mol. The van der Waals surface area contributed by atoms with Crippen molar-refractivity contribution in [2.75, 3.05) is 0 Å². The Morgan fingerprint density at radius 1 is 0.264 bits per heavy atom. The molecule has 4 N–H and O–H groups in total. The topological polar surface area (TPSA) is 149 Å². The number of benzene rings is 8. The van der Waals surface area contributed by atoms with E-state index in [1.165, 1.54) is 51.4 Å². The summed E-state index contributed by atoms with van der Waals surface area (Å²) in [7, 11) is -6.49. The molecule has 8 aromatic carbocycles. The number of hydrogen-bond acceptors (Lipinski definition) is 4. The maximum atomic E-state index is 12.9. The van der Waals surface area contributed by atoms with E-state index in [9.17, 15) is 39.6 Å². The van der Waals surface area contributed by atoms with Crippen LogP contribution in [-0.2, 0) is 41.6 Å². The second kappa shape index (κ2) is 43.8. The molecule has 8 aromatic rings. The maximum Gasteiger partial charge on any atom is 1.00 e. The zero-order chi connectivity index (χ0) is 61.7. The quantitative estimate of drug-likeness (QED) is 0.0164. The van der Waals surface area contributed by atoms with E-state index in [4.69, 9.17) is 0 Å². The fraction of sp³-hybridized carbons (Fsp3) is 0.222. The van der Waals surface area contributed by atoms with Gasteiger partial charge in [0.25, 0.3) is 0 Å². The summed E-state index contributed by atoms with van der Waals surface area (Å²) >= 11 is 0.299. The van der Waals surface area contributed by atoms with E-state index < -0.39 is 55.6 Å². The third kappa shape index (κ3) is 24.8. The third-order valence-corrected chi connectivity index (χ3v) is 31.5. The Balaban J connectivity index is 0.000000288. The van der Waals surface area contributed by atoms with E-state index >= 15 is 0 Å². The molecule has 0 amide bonds. The summed E-state index contributed by atoms with van der Waals surface area (Å²) < 4.78 is 6.50. The number of aliphatic carboxylic acids is 4. The van der Waals surface area contributed by atoms with Gasteiger partial charge in [-0.1, -0.05) is 243 Å². The van der Waals surface area contributed by atoms with E-state index in [0.29, 0.717) is 0 Å². The van der Waals surface area contributed by atoms with Crippen molar-refractivity contribution in [2.45, 2.75) is 96.8 Å². The van der Waals surface area contributed by atoms with Crippen molar-refractivity contribution >= 4 is 140 Å². The van der Waals surface area contributed by atoms with Crippen LogP contribution in [0.2, 0.25) is 17.7 Å². The van der Waals surface area contributed by atoms with Crippen LogP contribution >= 0.6 is 31.7 Å². The van der Waals surface area contributed by atoms with Gasteiger partial charge in [-0.25, -0.2) is 19.2 Å². The van der Waals surface area contributed by atoms with Crippen LogP contribution in [0.1, 0.15) is 79.1 Å². The minimum Gasteiger partial charge on any atom is -0.478 e. The van der Waals surface area contributed by atoms with Crippen LogP contribution in [0.3, 0.4) is 0 Å². The third-order valence-electron chi connectivity index (χ3n) is 13.1. The molecule has 0 aromatic heterocycles. The van der Waals surface area contributed by atoms with Crippen molar-refractivity contribution in [1.29, 1.82) is 0 Å². The molecule has 0 bridgehead atoms. The first-order valence-electron chi connectivity index (χ1n) is 29.4. The number of carbonyl (C=O) groups is 4. The summed E-state index contributed by atoms with van der Waals surface area (Å²) in [5.41, 5.74) is 0. The van der Waals surface area contributed by atoms with E-state index in [1.54, 1.807) is 17.7 Å². The van der Waals surface area contributed by atoms with Gasteiger partial charge in [-0.2, -0.15) is 0 Å². The summed E-state index contributed by atoms with van der Waals surface area (Å²) in [5.74, 6) is -4.85. The van der Waals surface area contributed by atoms with E-state index in [0.717, 1.165) is 42.4 Å². The summed E-state index contributed by atoms with van der Waals surface area (Å²) in [6.07, 6.45) is 11.7. The average Bonchev–Trinajstić information content (AvgIpc) is 1.46. The van der Waals surface area contributed by atoms with Gasteiger partial charge in [-0.3, -0.25) is 0 Å². The number of rotatable bonds is 28. The van der Waals surface area contributed by atoms with Crippen molar-refractivity contribution in [2.24, 2.45) is 0 Å². The SMILES string of the molecule is CCC[CH2][Sn+2][CH2]CCC.CCC[CH2][Sn+2][CH2]CCC.O=C(O)/C(=C(\C(=O)O)P(c1ccccc1)c1ccccc1)P(c1ccccc1)c1ccccc1.O=C(O)/C(=C(\C(=O)O)P(c1ccccc1)c1ccccc1)P(c1ccccc1)c1ccccc1.[Au+]. The first-order valence-corrected chi connectivity index (χ1v) is 42.9. The molecule has 0 aliphatic carbocycles. The molecule has 15 heteroatoms. The minimum atomic E-state index is -1.62. The number of carboxylic acid groups (broad SMARTS) is 4. The Morgan fingerprint density at radius 3 is 0.494 bits per heavy atom. The molecule has 87 heavy (non-hydrogen) atoms. The molecule has 8 rings (SSSR count). The van der Waals surface area contributed by atoms with Gasteiger partial charge in [-0.15, -0.1) is 0 Å². The molecule has 0 aliphatic rings. The van der Waals surface area contributed by atoms with Crippen LogP contribution in [-0.4, -0.2) is 86.6 Å². The molecule has 0 saturated heterocycles. The van der Waals surface area contributed by atoms with Crippen molar-refractivity contribution in [1.82, 2.24) is 0 Å². The molecule has 0 aliphatic heterocycles. The second-order valence-electron chi connectivity index (χ2n) is 19.6. The van der Waals surface area contributed by atoms with Crippen LogP contribution in [0.25, 0.3) is 0 Å². The molecule has 450 valence electrons. The fourth-order valence-electron chi connectivity index (χ4n) is 8.91. The Labute approximate surface area is 557 Å². The maximum absolute atomic E-state index is 12.9. The molecule has 0 atom stereocenters. The molecule has 0 saturated carbocycles. The predicted molar refractivity (Wildman–Crippen MR) is 371 cm³/mol. The first kappa shape index (κ1) is 74.6. The van der Waals surface area contributed by atoms with Gasteiger partial charge in [0.2, 0.25) is 0 Å². The number of unbranched alkanes of at least 4 members (excludes halogenated alkanes) is 4. The molecular weight excluding hydrogens is 1550 g/mol. The van der Waals surface area contributed by atoms with E-state index in [1.807, 2.05) is 243 Å². The van der Waals surface area contributed by atoms with Crippen LogP contribution in [0.4, 0.5) is 0 Å². The molecule has 0 heterocycles. The van der Waals surface area contributed by atoms with Crippen molar-refractivity contribution in [3.8, 4) is 0 Å². The summed E-state index contributed by atoms with van der Waals surface area (Å²) in [5, 5.41) is 48.2. The Bertz CT molecular complexity index is 2680. The van der Waals surface area contributed by atoms with Gasteiger partial charge >= 0.3 is 185 Å². The van der Waals surface area contributed by atoms with E-state index in [-0.39, 0.29) is 85.9 Å². The van der Waals surface area contributed by atoms with Gasteiger partial charge in [0, 0.05) is 0 Å². The summed E-state index contributed by atoms with van der Waals surface area (Å²) in [6, 6.07) is 74.5. The van der Waals surface area contributed by atoms with Crippen molar-refractivity contribution < 1.29 is 62.0 Å². The van der Waals surface area contributed by atoms with Gasteiger partial charge in [-0.05, 0) is 74.1 Å². The molecule has 0 spiro atoms. The van der Waals surface area contributed by atoms with Crippen LogP contribution in [0.5, 0.6) is 0 Å². The molecule has 8 nitrogen and oxygen atoms in total. The van der Waals surface area contributed by atoms with Gasteiger partial charge < -0.3 is 20.4 Å².